The number of hydrogen-bond donors (Lipinski definition) is 2. The number of nitrogens with zero attached hydrogens (tertiary/aromatic N) is 1. The van der Waals surface area contributed by atoms with Crippen LogP contribution in [0.15, 0.2) is 36.5 Å². The average molecular weight is 259 g/mol. The van der Waals surface area contributed by atoms with E-state index >= 15 is 0 Å². The largest absolute Gasteiger partial charge is 0.464 e. The number of methoxy groups -OCH3 is 1. The molecule has 0 aliphatic carbocycles. The molecule has 0 aliphatic rings. The van der Waals surface area contributed by atoms with Crippen molar-refractivity contribution in [1.82, 2.24) is 15.3 Å². The Morgan fingerprint density at radius 2 is 2.26 bits per heavy atom. The number of rotatable bonds is 6. The van der Waals surface area contributed by atoms with E-state index in [0.717, 1.165) is 24.4 Å². The fourth-order valence-electron chi connectivity index (χ4n) is 1.76. The first kappa shape index (κ1) is 13.3. The van der Waals surface area contributed by atoms with Crippen LogP contribution in [0, 0.1) is 0 Å². The molecule has 100 valence electrons. The summed E-state index contributed by atoms with van der Waals surface area (Å²) in [6.45, 7) is 1.52. The van der Waals surface area contributed by atoms with E-state index in [9.17, 15) is 4.79 Å². The molecule has 2 N–H and O–H groups in total. The highest BCUT2D eigenvalue weighted by Gasteiger charge is 2.07. The smallest absolute Gasteiger partial charge is 0.354 e. The summed E-state index contributed by atoms with van der Waals surface area (Å²) in [5.41, 5.74) is 2.50. The predicted molar refractivity (Wildman–Crippen MR) is 71.8 cm³/mol. The summed E-state index contributed by atoms with van der Waals surface area (Å²) in [4.78, 5) is 18.5. The quantitative estimate of drug-likeness (QED) is 0.610. The molecule has 0 bridgehead atoms. The van der Waals surface area contributed by atoms with Gasteiger partial charge < -0.3 is 15.0 Å². The molecule has 0 radical (unpaired) electrons. The van der Waals surface area contributed by atoms with E-state index in [1.807, 2.05) is 24.3 Å². The van der Waals surface area contributed by atoms with Crippen molar-refractivity contribution in [2.75, 3.05) is 13.7 Å². The van der Waals surface area contributed by atoms with Gasteiger partial charge in [-0.3, -0.25) is 4.98 Å². The van der Waals surface area contributed by atoms with E-state index in [1.54, 1.807) is 12.3 Å². The van der Waals surface area contributed by atoms with Gasteiger partial charge >= 0.3 is 5.97 Å². The zero-order chi connectivity index (χ0) is 13.5. The summed E-state index contributed by atoms with van der Waals surface area (Å²) >= 11 is 0. The predicted octanol–water partition coefficient (Wildman–Crippen LogP) is 1.53. The second kappa shape index (κ2) is 6.70. The topological polar surface area (TPSA) is 67.0 Å². The Hall–Kier alpha value is -2.14. The van der Waals surface area contributed by atoms with Gasteiger partial charge in [-0.25, -0.2) is 4.79 Å². The van der Waals surface area contributed by atoms with Gasteiger partial charge in [0.2, 0.25) is 0 Å². The van der Waals surface area contributed by atoms with Gasteiger partial charge in [-0.2, -0.15) is 0 Å². The third kappa shape index (κ3) is 3.93. The number of pyridine rings is 1. The Morgan fingerprint density at radius 3 is 3.00 bits per heavy atom. The number of H-pyrrole nitrogens is 1. The molecule has 5 nitrogen and oxygen atoms in total. The number of carbonyl (C=O) groups excluding carboxylic acids is 1. The van der Waals surface area contributed by atoms with Crippen molar-refractivity contribution in [3.8, 4) is 0 Å². The molecule has 0 amide bonds. The number of hydrogen-bond acceptors (Lipinski definition) is 4. The van der Waals surface area contributed by atoms with Gasteiger partial charge in [0.25, 0.3) is 0 Å². The summed E-state index contributed by atoms with van der Waals surface area (Å²) in [6, 6.07) is 9.49. The monoisotopic (exact) mass is 259 g/mol. The first-order valence-corrected chi connectivity index (χ1v) is 6.16. The van der Waals surface area contributed by atoms with Crippen LogP contribution in [-0.4, -0.2) is 29.6 Å². The van der Waals surface area contributed by atoms with Gasteiger partial charge in [-0.15, -0.1) is 0 Å². The van der Waals surface area contributed by atoms with Gasteiger partial charge in [-0.1, -0.05) is 6.07 Å². The molecule has 19 heavy (non-hydrogen) atoms. The lowest BCUT2D eigenvalue weighted by molar-refractivity contribution is 0.0594. The highest BCUT2D eigenvalue weighted by Crippen LogP contribution is 2.03. The van der Waals surface area contributed by atoms with Gasteiger partial charge in [0, 0.05) is 37.1 Å². The van der Waals surface area contributed by atoms with Crippen molar-refractivity contribution >= 4 is 5.97 Å². The maximum absolute atomic E-state index is 11.3. The molecule has 0 spiro atoms. The number of nitrogens with one attached hydrogen (secondary N) is 2. The first-order chi connectivity index (χ1) is 9.29. The van der Waals surface area contributed by atoms with Crippen LogP contribution in [0.2, 0.25) is 0 Å². The summed E-state index contributed by atoms with van der Waals surface area (Å²) in [5.74, 6) is -0.347. The van der Waals surface area contributed by atoms with Crippen molar-refractivity contribution in [1.29, 1.82) is 0 Å². The molecule has 5 heteroatoms. The lowest BCUT2D eigenvalue weighted by Gasteiger charge is -2.03. The Labute approximate surface area is 112 Å². The molecule has 2 heterocycles. The molecule has 2 aromatic heterocycles. The Kier molecular flexibility index (Phi) is 4.69. The van der Waals surface area contributed by atoms with Crippen LogP contribution in [0.1, 0.15) is 21.9 Å². The van der Waals surface area contributed by atoms with Crippen LogP contribution in [0.5, 0.6) is 0 Å². The first-order valence-electron chi connectivity index (χ1n) is 6.16. The van der Waals surface area contributed by atoms with Gasteiger partial charge in [-0.05, 0) is 24.3 Å². The minimum atomic E-state index is -0.347. The van der Waals surface area contributed by atoms with E-state index in [4.69, 9.17) is 0 Å². The zero-order valence-electron chi connectivity index (χ0n) is 10.8. The third-order valence-electron chi connectivity index (χ3n) is 2.75. The molecular formula is C14H17N3O2. The van der Waals surface area contributed by atoms with Crippen molar-refractivity contribution in [3.05, 3.63) is 53.6 Å². The summed E-state index contributed by atoms with van der Waals surface area (Å²) < 4.78 is 4.63. The minimum Gasteiger partial charge on any atom is -0.464 e. The van der Waals surface area contributed by atoms with E-state index in [2.05, 4.69) is 20.0 Å². The normalized spacial score (nSPS) is 10.4. The van der Waals surface area contributed by atoms with E-state index in [0.29, 0.717) is 12.2 Å². The van der Waals surface area contributed by atoms with Crippen molar-refractivity contribution < 1.29 is 9.53 Å². The summed E-state index contributed by atoms with van der Waals surface area (Å²) in [5, 5.41) is 3.30. The average Bonchev–Trinajstić information content (AvgIpc) is 2.93. The van der Waals surface area contributed by atoms with Crippen molar-refractivity contribution in [2.24, 2.45) is 0 Å². The Morgan fingerprint density at radius 1 is 1.37 bits per heavy atom. The lowest BCUT2D eigenvalue weighted by Crippen LogP contribution is -2.17. The number of aromatic nitrogens is 2. The van der Waals surface area contributed by atoms with Crippen LogP contribution < -0.4 is 5.32 Å². The van der Waals surface area contributed by atoms with Crippen LogP contribution in [0.4, 0.5) is 0 Å². The SMILES string of the molecule is COC(=O)c1ccc(CNCCc2ccccn2)[nH]1. The van der Waals surface area contributed by atoms with Gasteiger partial charge in [0.05, 0.1) is 7.11 Å². The fourth-order valence-corrected chi connectivity index (χ4v) is 1.76. The number of esters is 1. The molecule has 0 fully saturated rings. The highest BCUT2D eigenvalue weighted by molar-refractivity contribution is 5.87. The fraction of sp³-hybridized carbons (Fsp3) is 0.286. The second-order valence-corrected chi connectivity index (χ2v) is 4.14. The minimum absolute atomic E-state index is 0.347. The molecule has 0 atom stereocenters. The van der Waals surface area contributed by atoms with Crippen LogP contribution in [0.25, 0.3) is 0 Å². The van der Waals surface area contributed by atoms with Crippen LogP contribution in [0.3, 0.4) is 0 Å². The maximum Gasteiger partial charge on any atom is 0.354 e. The summed E-state index contributed by atoms with van der Waals surface area (Å²) in [6.07, 6.45) is 2.67. The van der Waals surface area contributed by atoms with Crippen molar-refractivity contribution in [3.63, 3.8) is 0 Å². The third-order valence-corrected chi connectivity index (χ3v) is 2.75. The zero-order valence-corrected chi connectivity index (χ0v) is 10.8. The molecule has 2 rings (SSSR count). The molecule has 0 aliphatic heterocycles. The van der Waals surface area contributed by atoms with E-state index < -0.39 is 0 Å². The maximum atomic E-state index is 11.3. The molecule has 0 saturated carbocycles. The number of carbonyl (C=O) groups is 1. The van der Waals surface area contributed by atoms with Crippen molar-refractivity contribution in [2.45, 2.75) is 13.0 Å². The van der Waals surface area contributed by atoms with Gasteiger partial charge in [0.15, 0.2) is 0 Å². The van der Waals surface area contributed by atoms with Crippen LogP contribution in [-0.2, 0) is 17.7 Å². The van der Waals surface area contributed by atoms with E-state index in [-0.39, 0.29) is 5.97 Å². The number of ether oxygens (including phenoxy) is 1. The van der Waals surface area contributed by atoms with Crippen LogP contribution >= 0.6 is 0 Å². The molecule has 2 aromatic rings. The second-order valence-electron chi connectivity index (χ2n) is 4.14. The number of aromatic amines is 1. The highest BCUT2D eigenvalue weighted by atomic mass is 16.5. The Balaban J connectivity index is 1.74. The van der Waals surface area contributed by atoms with E-state index in [1.165, 1.54) is 7.11 Å². The molecule has 0 saturated heterocycles. The lowest BCUT2D eigenvalue weighted by atomic mass is 10.3. The standard InChI is InChI=1S/C14H17N3O2/c1-19-14(18)13-6-5-12(17-13)10-15-9-7-11-4-2-3-8-16-11/h2-6,8,15,17H,7,9-10H2,1H3. The summed E-state index contributed by atoms with van der Waals surface area (Å²) in [7, 11) is 1.37. The van der Waals surface area contributed by atoms with Gasteiger partial charge in [0.1, 0.15) is 5.69 Å². The molecular weight excluding hydrogens is 242 g/mol. The molecule has 0 unspecified atom stereocenters. The Bertz CT molecular complexity index is 522. The molecule has 0 aromatic carbocycles.